The quantitative estimate of drug-likeness (QED) is 0.180. The second kappa shape index (κ2) is 20.0. The molecule has 0 saturated heterocycles. The van der Waals surface area contributed by atoms with Crippen LogP contribution in [0.1, 0.15) is 0 Å². The van der Waals surface area contributed by atoms with E-state index in [2.05, 4.69) is 15.5 Å². The first-order valence-corrected chi connectivity index (χ1v) is 9.52. The van der Waals surface area contributed by atoms with E-state index in [1.165, 1.54) is 0 Å². The molecule has 0 unspecified atom stereocenters. The van der Waals surface area contributed by atoms with Crippen molar-refractivity contribution in [3.05, 3.63) is 29.2 Å². The van der Waals surface area contributed by atoms with E-state index in [9.17, 15) is 0 Å². The van der Waals surface area contributed by atoms with E-state index >= 15 is 0 Å². The third kappa shape index (κ3) is 15.4. The van der Waals surface area contributed by atoms with Gasteiger partial charge in [0, 0.05) is 33.5 Å². The molecule has 0 atom stereocenters. The topological polar surface area (TPSA) is 143 Å². The van der Waals surface area contributed by atoms with Gasteiger partial charge in [-0.1, -0.05) is 17.8 Å². The van der Waals surface area contributed by atoms with Gasteiger partial charge in [0.1, 0.15) is 5.84 Å². The second-order valence-corrected chi connectivity index (χ2v) is 4.23. The van der Waals surface area contributed by atoms with Crippen molar-refractivity contribution in [2.75, 3.05) is 34.9 Å². The normalized spacial score (nSPS) is 12.5. The predicted octanol–water partition coefficient (Wildman–Crippen LogP) is -0.470. The summed E-state index contributed by atoms with van der Waals surface area (Å²) in [5.41, 5.74) is 6.32. The summed E-state index contributed by atoms with van der Waals surface area (Å²) in [6, 6.07) is 0. The van der Waals surface area contributed by atoms with Crippen LogP contribution in [0.5, 0.6) is 0 Å². The molecule has 0 radical (unpaired) electrons. The van der Waals surface area contributed by atoms with Gasteiger partial charge in [0.15, 0.2) is 0 Å². The first-order chi connectivity index (χ1) is 10.5. The van der Waals surface area contributed by atoms with Gasteiger partial charge in [0.25, 0.3) is 0 Å². The van der Waals surface area contributed by atoms with Gasteiger partial charge in [-0.2, -0.15) is 5.10 Å². The minimum atomic E-state index is -2.51. The van der Waals surface area contributed by atoms with Crippen molar-refractivity contribution in [3.63, 3.8) is 0 Å². The summed E-state index contributed by atoms with van der Waals surface area (Å²) in [5.74, 6) is 0.281. The van der Waals surface area contributed by atoms with E-state index in [0.717, 1.165) is 14.2 Å². The molecule has 1 aliphatic heterocycles. The van der Waals surface area contributed by atoms with Gasteiger partial charge in [0.2, 0.25) is 0 Å². The number of allylic oxidation sites excluding steroid dienone is 2. The van der Waals surface area contributed by atoms with Crippen LogP contribution in [0.15, 0.2) is 34.1 Å². The van der Waals surface area contributed by atoms with Crippen LogP contribution in [-0.2, 0) is 17.1 Å². The van der Waals surface area contributed by atoms with Crippen LogP contribution in [-0.4, -0.2) is 61.0 Å². The van der Waals surface area contributed by atoms with E-state index in [0.29, 0.717) is 17.4 Å². The molecule has 4 N–H and O–H groups in total. The standard InChI is InChI=1S/C9H14N5S.2CH4O.2O.U/c1-14(2)9(15)13-12-8(10)7-5-3-4-6-11-7;2*1-2;;;/h3-5H,6H2,1-2H3,(H2,10,12)(H,13,15);2*2H,1H3;;;/q-1;;;;;+2/p-1. The zero-order chi connectivity index (χ0) is 18.0. The Balaban J connectivity index is -0.000000446. The molecular weight excluding hydrogens is 536 g/mol. The van der Waals surface area contributed by atoms with Crippen LogP contribution in [0.3, 0.4) is 0 Å². The van der Waals surface area contributed by atoms with Crippen molar-refractivity contribution in [1.29, 1.82) is 0 Å². The van der Waals surface area contributed by atoms with Gasteiger partial charge in [-0.05, 0) is 0 Å². The number of hydrogen-bond acceptors (Lipinski definition) is 7. The van der Waals surface area contributed by atoms with Crippen molar-refractivity contribution < 1.29 is 42.5 Å². The summed E-state index contributed by atoms with van der Waals surface area (Å²) in [6.45, 7) is 0.625. The Kier molecular flexibility index (Phi) is 23.6. The molecule has 1 rings (SSSR count). The maximum atomic E-state index is 8.58. The minimum absolute atomic E-state index is 0.281. The summed E-state index contributed by atoms with van der Waals surface area (Å²) in [5, 5.41) is 26.1. The molecule has 0 spiro atoms. The van der Waals surface area contributed by atoms with Crippen molar-refractivity contribution in [2.45, 2.75) is 0 Å². The molecule has 0 aromatic heterocycles. The number of hydrogen-bond donors (Lipinski definition) is 3. The van der Waals surface area contributed by atoms with E-state index in [-0.39, 0.29) is 5.84 Å². The first-order valence-electron chi connectivity index (χ1n) is 5.71. The summed E-state index contributed by atoms with van der Waals surface area (Å²) >= 11 is 2.43. The summed E-state index contributed by atoms with van der Waals surface area (Å²) in [6.07, 6.45) is 5.60. The number of nitrogens with two attached hydrogens (primary N) is 1. The second-order valence-electron chi connectivity index (χ2n) is 3.17. The third-order valence-corrected chi connectivity index (χ3v) is 2.09. The van der Waals surface area contributed by atoms with Crippen molar-refractivity contribution in [3.8, 4) is 0 Å². The van der Waals surface area contributed by atoms with E-state index in [1.807, 2.05) is 12.2 Å². The molecule has 1 heterocycles. The molecule has 0 amide bonds. The SMILES string of the molecule is CN(C)C([S-])=NN=C(N)C1=CC=CC[N-]1.CO.CO.[O]=[U+2]=[O]. The van der Waals surface area contributed by atoms with Crippen LogP contribution in [0.25, 0.3) is 5.32 Å². The Morgan fingerprint density at radius 1 is 1.32 bits per heavy atom. The van der Waals surface area contributed by atoms with Gasteiger partial charge in [-0.3, -0.25) is 0 Å². The van der Waals surface area contributed by atoms with Crippen LogP contribution in [0.4, 0.5) is 0 Å². The number of nitrogens with zero attached hydrogens (tertiary/aromatic N) is 4. The van der Waals surface area contributed by atoms with E-state index < -0.39 is 27.8 Å². The maximum absolute atomic E-state index is 8.58. The molecule has 0 bridgehead atoms. The van der Waals surface area contributed by atoms with Gasteiger partial charge in [0.05, 0.1) is 0 Å². The Morgan fingerprint density at radius 2 is 1.82 bits per heavy atom. The van der Waals surface area contributed by atoms with Crippen molar-refractivity contribution in [2.24, 2.45) is 15.9 Å². The van der Waals surface area contributed by atoms with Crippen LogP contribution in [0.2, 0.25) is 0 Å². The number of amidine groups is 2. The van der Waals surface area contributed by atoms with E-state index in [1.54, 1.807) is 25.1 Å². The molecule has 1 aliphatic rings. The molecule has 11 heteroatoms. The summed E-state index contributed by atoms with van der Waals surface area (Å²) in [4.78, 5) is 1.68. The van der Waals surface area contributed by atoms with Crippen LogP contribution >= 0.6 is 0 Å². The fourth-order valence-electron chi connectivity index (χ4n) is 0.827. The van der Waals surface area contributed by atoms with Crippen molar-refractivity contribution >= 4 is 23.6 Å². The molecule has 0 aromatic carbocycles. The summed E-state index contributed by atoms with van der Waals surface area (Å²) < 4.78 is 17.2. The average Bonchev–Trinajstić information content (AvgIpc) is 2.57. The Morgan fingerprint density at radius 3 is 2.18 bits per heavy atom. The molecule has 0 saturated carbocycles. The van der Waals surface area contributed by atoms with E-state index in [4.69, 9.17) is 33.0 Å². The Labute approximate surface area is 150 Å². The van der Waals surface area contributed by atoms with Gasteiger partial charge in [-0.15, -0.1) is 17.7 Å². The van der Waals surface area contributed by atoms with Crippen LogP contribution < -0.4 is 5.73 Å². The van der Waals surface area contributed by atoms with Gasteiger partial charge < -0.3 is 38.8 Å². The number of aliphatic hydroxyl groups is 2. The molecule has 124 valence electrons. The molecular formula is C11H21N5O4SU. The first kappa shape index (κ1) is 25.9. The number of rotatable bonds is 2. The molecule has 9 nitrogen and oxygen atoms in total. The van der Waals surface area contributed by atoms with Crippen LogP contribution in [0, 0.1) is 27.8 Å². The Hall–Kier alpha value is -0.988. The summed E-state index contributed by atoms with van der Waals surface area (Å²) in [7, 11) is 5.59. The molecule has 22 heavy (non-hydrogen) atoms. The van der Waals surface area contributed by atoms with Gasteiger partial charge >= 0.3 is 32.3 Å². The average molecular weight is 557 g/mol. The van der Waals surface area contributed by atoms with Gasteiger partial charge in [-0.25, -0.2) is 0 Å². The molecule has 0 aromatic rings. The zero-order valence-corrected chi connectivity index (χ0v) is 17.9. The Bertz CT molecular complexity index is 432. The molecule has 0 fully saturated rings. The zero-order valence-electron chi connectivity index (χ0n) is 12.9. The fraction of sp³-hybridized carbons (Fsp3) is 0.455. The molecule has 0 aliphatic carbocycles. The number of aliphatic hydroxyl groups excluding tert-OH is 2. The monoisotopic (exact) mass is 557 g/mol. The fourth-order valence-corrected chi connectivity index (χ4v) is 0.868. The predicted molar refractivity (Wildman–Crippen MR) is 83.2 cm³/mol. The third-order valence-electron chi connectivity index (χ3n) is 1.65. The van der Waals surface area contributed by atoms with Crippen molar-refractivity contribution in [1.82, 2.24) is 4.90 Å².